The van der Waals surface area contributed by atoms with Gasteiger partial charge in [-0.1, -0.05) is 27.2 Å². The number of nitrogens with zero attached hydrogens (tertiary/aromatic N) is 1. The first-order valence-electron chi connectivity index (χ1n) is 7.26. The average molecular weight is 319 g/mol. The number of nitrogens with one attached hydrogen (secondary N) is 1. The largest absolute Gasteiger partial charge is 0.312 e. The lowest BCUT2D eigenvalue weighted by Gasteiger charge is -2.21. The van der Waals surface area contributed by atoms with Crippen LogP contribution in [0.5, 0.6) is 0 Å². The van der Waals surface area contributed by atoms with Gasteiger partial charge in [-0.15, -0.1) is 11.3 Å². The number of unbranched alkanes of at least 4 members (excludes halogenated alkanes) is 1. The summed E-state index contributed by atoms with van der Waals surface area (Å²) in [6.07, 6.45) is 1.90. The minimum atomic E-state index is -3.37. The third-order valence-electron chi connectivity index (χ3n) is 3.24. The molecule has 0 spiro atoms. The van der Waals surface area contributed by atoms with Gasteiger partial charge in [0.2, 0.25) is 10.0 Å². The predicted molar refractivity (Wildman–Crippen MR) is 85.8 cm³/mol. The van der Waals surface area contributed by atoms with E-state index in [9.17, 15) is 8.42 Å². The van der Waals surface area contributed by atoms with Crippen molar-refractivity contribution in [3.63, 3.8) is 0 Å². The summed E-state index contributed by atoms with van der Waals surface area (Å²) < 4.78 is 27.3. The fourth-order valence-electron chi connectivity index (χ4n) is 2.11. The normalized spacial score (nSPS) is 12.2. The average Bonchev–Trinajstić information content (AvgIpc) is 2.78. The Labute approximate surface area is 127 Å². The second kappa shape index (κ2) is 8.12. The molecule has 1 N–H and O–H groups in total. The fourth-order valence-corrected chi connectivity index (χ4v) is 5.32. The Morgan fingerprint density at radius 2 is 2.00 bits per heavy atom. The highest BCUT2D eigenvalue weighted by atomic mass is 32.2. The van der Waals surface area contributed by atoms with Gasteiger partial charge in [0.25, 0.3) is 0 Å². The van der Waals surface area contributed by atoms with Crippen molar-refractivity contribution in [2.75, 3.05) is 19.6 Å². The van der Waals surface area contributed by atoms with Gasteiger partial charge in [-0.2, -0.15) is 4.31 Å². The molecule has 1 aromatic heterocycles. The SMILES string of the molecule is CCCCN(CC)S(=O)(=O)c1c(C)csc1CNCC. The molecule has 0 radical (unpaired) electrons. The maximum atomic E-state index is 12.8. The van der Waals surface area contributed by atoms with Crippen molar-refractivity contribution in [3.05, 3.63) is 15.8 Å². The number of rotatable bonds is 9. The maximum absolute atomic E-state index is 12.8. The quantitative estimate of drug-likeness (QED) is 0.761. The number of hydrogen-bond acceptors (Lipinski definition) is 4. The van der Waals surface area contributed by atoms with Crippen molar-refractivity contribution in [1.29, 1.82) is 0 Å². The highest BCUT2D eigenvalue weighted by Gasteiger charge is 2.28. The topological polar surface area (TPSA) is 49.4 Å². The molecule has 1 heterocycles. The van der Waals surface area contributed by atoms with Crippen molar-refractivity contribution in [2.45, 2.75) is 52.0 Å². The number of aryl methyl sites for hydroxylation is 1. The summed E-state index contributed by atoms with van der Waals surface area (Å²) in [5.74, 6) is 0. The highest BCUT2D eigenvalue weighted by molar-refractivity contribution is 7.89. The van der Waals surface area contributed by atoms with Crippen LogP contribution < -0.4 is 5.32 Å². The zero-order chi connectivity index (χ0) is 15.2. The molecular formula is C14H26N2O2S2. The molecule has 0 saturated heterocycles. The molecular weight excluding hydrogens is 292 g/mol. The summed E-state index contributed by atoms with van der Waals surface area (Å²) in [5.41, 5.74) is 0.859. The molecule has 0 unspecified atom stereocenters. The van der Waals surface area contributed by atoms with Gasteiger partial charge >= 0.3 is 0 Å². The highest BCUT2D eigenvalue weighted by Crippen LogP contribution is 2.29. The number of hydrogen-bond donors (Lipinski definition) is 1. The van der Waals surface area contributed by atoms with E-state index in [1.807, 2.05) is 26.2 Å². The van der Waals surface area contributed by atoms with Gasteiger partial charge in [-0.3, -0.25) is 0 Å². The molecule has 0 aliphatic carbocycles. The smallest absolute Gasteiger partial charge is 0.244 e. The van der Waals surface area contributed by atoms with Crippen LogP contribution >= 0.6 is 11.3 Å². The lowest BCUT2D eigenvalue weighted by atomic mass is 10.3. The van der Waals surface area contributed by atoms with Gasteiger partial charge in [0.05, 0.1) is 0 Å². The zero-order valence-corrected chi connectivity index (χ0v) is 14.5. The molecule has 116 valence electrons. The molecule has 1 rings (SSSR count). The molecule has 0 fully saturated rings. The second-order valence-corrected chi connectivity index (χ2v) is 7.64. The third kappa shape index (κ3) is 4.04. The Bertz CT molecular complexity index is 509. The van der Waals surface area contributed by atoms with Crippen molar-refractivity contribution >= 4 is 21.4 Å². The summed E-state index contributed by atoms with van der Waals surface area (Å²) >= 11 is 1.53. The number of sulfonamides is 1. The lowest BCUT2D eigenvalue weighted by Crippen LogP contribution is -2.32. The Balaban J connectivity index is 3.09. The van der Waals surface area contributed by atoms with Crippen LogP contribution in [-0.4, -0.2) is 32.4 Å². The van der Waals surface area contributed by atoms with Gasteiger partial charge < -0.3 is 5.32 Å². The molecule has 0 aliphatic rings. The summed E-state index contributed by atoms with van der Waals surface area (Å²) in [6, 6.07) is 0. The van der Waals surface area contributed by atoms with Crippen LogP contribution in [0.25, 0.3) is 0 Å². The van der Waals surface area contributed by atoms with E-state index in [2.05, 4.69) is 12.2 Å². The van der Waals surface area contributed by atoms with E-state index in [1.54, 1.807) is 4.31 Å². The van der Waals surface area contributed by atoms with Gasteiger partial charge in [0.15, 0.2) is 0 Å². The van der Waals surface area contributed by atoms with E-state index in [0.29, 0.717) is 24.5 Å². The van der Waals surface area contributed by atoms with Crippen LogP contribution in [-0.2, 0) is 16.6 Å². The van der Waals surface area contributed by atoms with Crippen molar-refractivity contribution in [2.24, 2.45) is 0 Å². The van der Waals surface area contributed by atoms with Crippen molar-refractivity contribution in [3.8, 4) is 0 Å². The van der Waals surface area contributed by atoms with Crippen LogP contribution in [0.1, 0.15) is 44.1 Å². The Hall–Kier alpha value is -0.430. The van der Waals surface area contributed by atoms with Crippen LogP contribution in [0.4, 0.5) is 0 Å². The third-order valence-corrected chi connectivity index (χ3v) is 6.68. The molecule has 0 bridgehead atoms. The van der Waals surface area contributed by atoms with Crippen molar-refractivity contribution in [1.82, 2.24) is 9.62 Å². The number of thiophene rings is 1. The Kier molecular flexibility index (Phi) is 7.15. The zero-order valence-electron chi connectivity index (χ0n) is 12.9. The van der Waals surface area contributed by atoms with E-state index in [4.69, 9.17) is 0 Å². The molecule has 4 nitrogen and oxygen atoms in total. The van der Waals surface area contributed by atoms with E-state index in [0.717, 1.165) is 29.8 Å². The van der Waals surface area contributed by atoms with Crippen LogP contribution in [0, 0.1) is 6.92 Å². The molecule has 1 aromatic rings. The minimum absolute atomic E-state index is 0.515. The molecule has 0 amide bonds. The monoisotopic (exact) mass is 318 g/mol. The van der Waals surface area contributed by atoms with E-state index >= 15 is 0 Å². The molecule has 6 heteroatoms. The van der Waals surface area contributed by atoms with Crippen LogP contribution in [0.15, 0.2) is 10.3 Å². The molecule has 0 saturated carbocycles. The Morgan fingerprint density at radius 3 is 2.55 bits per heavy atom. The first kappa shape index (κ1) is 17.6. The summed E-state index contributed by atoms with van der Waals surface area (Å²) in [7, 11) is -3.37. The molecule has 0 aromatic carbocycles. The Morgan fingerprint density at radius 1 is 1.30 bits per heavy atom. The van der Waals surface area contributed by atoms with Crippen LogP contribution in [0.3, 0.4) is 0 Å². The first-order chi connectivity index (χ1) is 9.48. The summed E-state index contributed by atoms with van der Waals surface area (Å²) in [4.78, 5) is 1.43. The molecule has 20 heavy (non-hydrogen) atoms. The van der Waals surface area contributed by atoms with Gasteiger partial charge in [-0.25, -0.2) is 8.42 Å². The molecule has 0 aliphatic heterocycles. The van der Waals surface area contributed by atoms with Crippen molar-refractivity contribution < 1.29 is 8.42 Å². The van der Waals surface area contributed by atoms with Gasteiger partial charge in [-0.05, 0) is 30.8 Å². The predicted octanol–water partition coefficient (Wildman–Crippen LogP) is 2.98. The summed E-state index contributed by atoms with van der Waals surface area (Å²) in [5, 5.41) is 5.16. The van der Waals surface area contributed by atoms with Crippen LogP contribution in [0.2, 0.25) is 0 Å². The van der Waals surface area contributed by atoms with E-state index in [1.165, 1.54) is 11.3 Å². The minimum Gasteiger partial charge on any atom is -0.312 e. The lowest BCUT2D eigenvalue weighted by molar-refractivity contribution is 0.418. The van der Waals surface area contributed by atoms with Gasteiger partial charge in [0, 0.05) is 24.5 Å². The van der Waals surface area contributed by atoms with E-state index < -0.39 is 10.0 Å². The second-order valence-electron chi connectivity index (χ2n) is 4.80. The van der Waals surface area contributed by atoms with E-state index in [-0.39, 0.29) is 0 Å². The first-order valence-corrected chi connectivity index (χ1v) is 9.58. The molecule has 0 atom stereocenters. The maximum Gasteiger partial charge on any atom is 0.244 e. The fraction of sp³-hybridized carbons (Fsp3) is 0.714. The summed E-state index contributed by atoms with van der Waals surface area (Å²) in [6.45, 7) is 10.5. The van der Waals surface area contributed by atoms with Gasteiger partial charge in [0.1, 0.15) is 4.90 Å². The standard InChI is InChI=1S/C14H26N2O2S2/c1-5-8-9-16(7-3)20(17,18)14-12(4)11-19-13(14)10-15-6-2/h11,15H,5-10H2,1-4H3.